The highest BCUT2D eigenvalue weighted by Crippen LogP contribution is 2.20. The normalized spacial score (nSPS) is 10.4. The molecule has 0 spiro atoms. The first-order chi connectivity index (χ1) is 10.0. The highest BCUT2D eigenvalue weighted by Gasteiger charge is 2.11. The van der Waals surface area contributed by atoms with E-state index in [2.05, 4.69) is 10.4 Å². The molecule has 5 nitrogen and oxygen atoms in total. The largest absolute Gasteiger partial charge is 0.320 e. The van der Waals surface area contributed by atoms with E-state index in [-0.39, 0.29) is 17.2 Å². The molecule has 0 aliphatic rings. The molecular formula is C15H16ClN3O2. The van der Waals surface area contributed by atoms with Gasteiger partial charge >= 0.3 is 0 Å². The van der Waals surface area contributed by atoms with Crippen LogP contribution in [0.2, 0.25) is 5.02 Å². The van der Waals surface area contributed by atoms with E-state index in [0.717, 1.165) is 12.0 Å². The zero-order valence-electron chi connectivity index (χ0n) is 11.9. The topological polar surface area (TPSA) is 64.0 Å². The van der Waals surface area contributed by atoms with E-state index in [1.54, 1.807) is 12.1 Å². The Morgan fingerprint density at radius 1 is 1.33 bits per heavy atom. The van der Waals surface area contributed by atoms with E-state index in [1.807, 2.05) is 19.9 Å². The Morgan fingerprint density at radius 3 is 2.81 bits per heavy atom. The number of nitrogens with one attached hydrogen (secondary N) is 1. The van der Waals surface area contributed by atoms with Crippen LogP contribution in [0.1, 0.15) is 29.4 Å². The third-order valence-electron chi connectivity index (χ3n) is 2.98. The van der Waals surface area contributed by atoms with Crippen molar-refractivity contribution in [2.45, 2.75) is 26.8 Å². The van der Waals surface area contributed by atoms with Crippen LogP contribution in [0.3, 0.4) is 0 Å². The van der Waals surface area contributed by atoms with Crippen LogP contribution in [-0.4, -0.2) is 15.7 Å². The minimum Gasteiger partial charge on any atom is -0.320 e. The highest BCUT2D eigenvalue weighted by atomic mass is 35.5. The molecular weight excluding hydrogens is 290 g/mol. The van der Waals surface area contributed by atoms with Gasteiger partial charge in [-0.2, -0.15) is 5.10 Å². The molecule has 1 heterocycles. The van der Waals surface area contributed by atoms with Gasteiger partial charge in [-0.3, -0.25) is 9.59 Å². The van der Waals surface area contributed by atoms with Gasteiger partial charge in [-0.25, -0.2) is 4.68 Å². The van der Waals surface area contributed by atoms with E-state index in [1.165, 1.54) is 16.8 Å². The quantitative estimate of drug-likeness (QED) is 0.944. The van der Waals surface area contributed by atoms with Crippen molar-refractivity contribution in [3.8, 4) is 0 Å². The lowest BCUT2D eigenvalue weighted by Gasteiger charge is -2.09. The van der Waals surface area contributed by atoms with Crippen LogP contribution in [0.15, 0.2) is 35.1 Å². The molecule has 1 N–H and O–H groups in total. The van der Waals surface area contributed by atoms with E-state index < -0.39 is 0 Å². The van der Waals surface area contributed by atoms with Crippen molar-refractivity contribution in [2.24, 2.45) is 0 Å². The van der Waals surface area contributed by atoms with Gasteiger partial charge < -0.3 is 5.32 Å². The molecule has 0 saturated heterocycles. The molecule has 1 aromatic carbocycles. The van der Waals surface area contributed by atoms with Crippen LogP contribution in [0.4, 0.5) is 5.69 Å². The number of anilines is 1. The monoisotopic (exact) mass is 305 g/mol. The minimum absolute atomic E-state index is 0.197. The fraction of sp³-hybridized carbons (Fsp3) is 0.267. The lowest BCUT2D eigenvalue weighted by molar-refractivity contribution is 0.101. The van der Waals surface area contributed by atoms with Crippen molar-refractivity contribution in [3.63, 3.8) is 0 Å². The van der Waals surface area contributed by atoms with Gasteiger partial charge in [0, 0.05) is 23.3 Å². The van der Waals surface area contributed by atoms with Gasteiger partial charge in [0.15, 0.2) is 0 Å². The SMILES string of the molecule is CCCn1nc(C(=O)Nc2cc(Cl)ccc2C)ccc1=O. The summed E-state index contributed by atoms with van der Waals surface area (Å²) in [5.41, 5.74) is 1.51. The molecule has 21 heavy (non-hydrogen) atoms. The summed E-state index contributed by atoms with van der Waals surface area (Å²) in [6.07, 6.45) is 0.769. The Hall–Kier alpha value is -2.14. The van der Waals surface area contributed by atoms with Crippen molar-refractivity contribution >= 4 is 23.2 Å². The molecule has 0 atom stereocenters. The van der Waals surface area contributed by atoms with Crippen LogP contribution in [-0.2, 0) is 6.54 Å². The summed E-state index contributed by atoms with van der Waals surface area (Å²) in [7, 11) is 0. The minimum atomic E-state index is -0.370. The molecule has 0 radical (unpaired) electrons. The smallest absolute Gasteiger partial charge is 0.276 e. The maximum atomic E-state index is 12.2. The predicted molar refractivity (Wildman–Crippen MR) is 82.9 cm³/mol. The Balaban J connectivity index is 2.26. The summed E-state index contributed by atoms with van der Waals surface area (Å²) in [5.74, 6) is -0.370. The predicted octanol–water partition coefficient (Wildman–Crippen LogP) is 2.87. The third-order valence-corrected chi connectivity index (χ3v) is 3.22. The Labute approximate surface area is 127 Å². The fourth-order valence-corrected chi connectivity index (χ4v) is 2.03. The average molecular weight is 306 g/mol. The van der Waals surface area contributed by atoms with Crippen LogP contribution in [0, 0.1) is 6.92 Å². The summed E-state index contributed by atoms with van der Waals surface area (Å²) >= 11 is 5.92. The summed E-state index contributed by atoms with van der Waals surface area (Å²) in [6, 6.07) is 8.03. The third kappa shape index (κ3) is 3.70. The number of hydrogen-bond donors (Lipinski definition) is 1. The molecule has 1 aromatic heterocycles. The first kappa shape index (κ1) is 15.3. The number of aryl methyl sites for hydroxylation is 2. The number of benzene rings is 1. The first-order valence-electron chi connectivity index (χ1n) is 6.67. The molecule has 110 valence electrons. The second-order valence-corrected chi connectivity index (χ2v) is 5.13. The highest BCUT2D eigenvalue weighted by molar-refractivity contribution is 6.31. The molecule has 1 amide bonds. The second-order valence-electron chi connectivity index (χ2n) is 4.69. The fourth-order valence-electron chi connectivity index (χ4n) is 1.86. The number of carbonyl (C=O) groups excluding carboxylic acids is 1. The molecule has 0 fully saturated rings. The number of rotatable bonds is 4. The van der Waals surface area contributed by atoms with E-state index in [4.69, 9.17) is 11.6 Å². The van der Waals surface area contributed by atoms with Gasteiger partial charge in [0.2, 0.25) is 0 Å². The summed E-state index contributed by atoms with van der Waals surface area (Å²) in [6.45, 7) is 4.30. The summed E-state index contributed by atoms with van der Waals surface area (Å²) in [4.78, 5) is 23.8. The van der Waals surface area contributed by atoms with E-state index >= 15 is 0 Å². The summed E-state index contributed by atoms with van der Waals surface area (Å²) in [5, 5.41) is 7.37. The lowest BCUT2D eigenvalue weighted by atomic mass is 10.2. The van der Waals surface area contributed by atoms with Crippen molar-refractivity contribution in [1.29, 1.82) is 0 Å². The maximum absolute atomic E-state index is 12.2. The van der Waals surface area contributed by atoms with Crippen LogP contribution in [0.5, 0.6) is 0 Å². The molecule has 0 aliphatic carbocycles. The first-order valence-corrected chi connectivity index (χ1v) is 7.04. The number of hydrogen-bond acceptors (Lipinski definition) is 3. The van der Waals surface area contributed by atoms with E-state index in [9.17, 15) is 9.59 Å². The maximum Gasteiger partial charge on any atom is 0.276 e. The van der Waals surface area contributed by atoms with Crippen molar-refractivity contribution in [2.75, 3.05) is 5.32 Å². The standard InChI is InChI=1S/C15H16ClN3O2/c1-3-8-19-14(20)7-6-12(18-19)15(21)17-13-9-11(16)5-4-10(13)2/h4-7,9H,3,8H2,1-2H3,(H,17,21). The molecule has 2 rings (SSSR count). The number of amides is 1. The Kier molecular flexibility index (Phi) is 4.75. The van der Waals surface area contributed by atoms with Crippen LogP contribution < -0.4 is 10.9 Å². The lowest BCUT2D eigenvalue weighted by Crippen LogP contribution is -2.26. The van der Waals surface area contributed by atoms with Gasteiger partial charge in [0.1, 0.15) is 5.69 Å². The number of aromatic nitrogens is 2. The average Bonchev–Trinajstić information content (AvgIpc) is 2.45. The molecule has 0 aliphatic heterocycles. The van der Waals surface area contributed by atoms with Crippen molar-refractivity contribution < 1.29 is 4.79 Å². The van der Waals surface area contributed by atoms with Gasteiger partial charge in [0.05, 0.1) is 0 Å². The Morgan fingerprint density at radius 2 is 2.10 bits per heavy atom. The molecule has 6 heteroatoms. The molecule has 0 saturated carbocycles. The molecule has 0 bridgehead atoms. The second kappa shape index (κ2) is 6.54. The zero-order chi connectivity index (χ0) is 15.4. The van der Waals surface area contributed by atoms with Crippen molar-refractivity contribution in [1.82, 2.24) is 9.78 Å². The van der Waals surface area contributed by atoms with E-state index in [0.29, 0.717) is 17.3 Å². The van der Waals surface area contributed by atoms with Gasteiger partial charge in [-0.05, 0) is 37.1 Å². The number of nitrogens with zero attached hydrogens (tertiary/aromatic N) is 2. The summed E-state index contributed by atoms with van der Waals surface area (Å²) < 4.78 is 1.29. The zero-order valence-corrected chi connectivity index (χ0v) is 12.6. The number of carbonyl (C=O) groups is 1. The Bertz CT molecular complexity index is 725. The molecule has 2 aromatic rings. The molecule has 0 unspecified atom stereocenters. The van der Waals surface area contributed by atoms with Gasteiger partial charge in [-0.1, -0.05) is 24.6 Å². The van der Waals surface area contributed by atoms with Gasteiger partial charge in [0.25, 0.3) is 11.5 Å². The number of halogens is 1. The van der Waals surface area contributed by atoms with Crippen molar-refractivity contribution in [3.05, 3.63) is 57.0 Å². The van der Waals surface area contributed by atoms with Gasteiger partial charge in [-0.15, -0.1) is 0 Å². The van der Waals surface area contributed by atoms with Crippen LogP contribution in [0.25, 0.3) is 0 Å². The van der Waals surface area contributed by atoms with Crippen LogP contribution >= 0.6 is 11.6 Å².